The van der Waals surface area contributed by atoms with Crippen molar-refractivity contribution in [3.63, 3.8) is 0 Å². The van der Waals surface area contributed by atoms with Gasteiger partial charge in [0.1, 0.15) is 5.15 Å². The number of rotatable bonds is 5. The summed E-state index contributed by atoms with van der Waals surface area (Å²) < 4.78 is 9.44. The fraction of sp³-hybridized carbons (Fsp3) is 0.125. The number of halogens is 2. The van der Waals surface area contributed by atoms with Crippen LogP contribution in [-0.2, 0) is 14.3 Å². The molecule has 0 fully saturated rings. The maximum atomic E-state index is 11.8. The van der Waals surface area contributed by atoms with E-state index >= 15 is 0 Å². The van der Waals surface area contributed by atoms with Crippen molar-refractivity contribution < 1.29 is 23.9 Å². The second-order valence-corrected chi connectivity index (χ2v) is 5.46. The van der Waals surface area contributed by atoms with E-state index in [2.05, 4.69) is 15.0 Å². The van der Waals surface area contributed by atoms with Gasteiger partial charge in [0.25, 0.3) is 5.91 Å². The first kappa shape index (κ1) is 18.7. The third kappa shape index (κ3) is 5.17. The monoisotopic (exact) mass is 382 g/mol. The van der Waals surface area contributed by atoms with E-state index < -0.39 is 24.5 Å². The molecule has 0 aliphatic rings. The summed E-state index contributed by atoms with van der Waals surface area (Å²) in [5, 5.41) is 2.69. The molecule has 1 aromatic heterocycles. The first-order valence-electron chi connectivity index (χ1n) is 6.87. The van der Waals surface area contributed by atoms with Crippen LogP contribution < -0.4 is 5.32 Å². The summed E-state index contributed by atoms with van der Waals surface area (Å²) in [5.74, 6) is -1.79. The predicted octanol–water partition coefficient (Wildman–Crippen LogP) is 2.97. The lowest BCUT2D eigenvalue weighted by Gasteiger charge is -2.07. The van der Waals surface area contributed by atoms with Crippen molar-refractivity contribution >= 4 is 46.7 Å². The molecule has 130 valence electrons. The molecule has 1 heterocycles. The fourth-order valence-corrected chi connectivity index (χ4v) is 2.02. The molecular weight excluding hydrogens is 371 g/mol. The van der Waals surface area contributed by atoms with Gasteiger partial charge in [-0.3, -0.25) is 4.79 Å². The summed E-state index contributed by atoms with van der Waals surface area (Å²) in [6.07, 6.45) is 1.19. The molecule has 0 spiro atoms. The number of methoxy groups -OCH3 is 1. The number of carbonyl (C=O) groups is 3. The minimum absolute atomic E-state index is 0.0614. The third-order valence-electron chi connectivity index (χ3n) is 2.96. The Hall–Kier alpha value is -2.64. The van der Waals surface area contributed by atoms with E-state index in [0.717, 1.165) is 0 Å². The number of nitrogens with zero attached hydrogens (tertiary/aromatic N) is 1. The van der Waals surface area contributed by atoms with Gasteiger partial charge in [0, 0.05) is 11.9 Å². The molecule has 0 saturated carbocycles. The Labute approximate surface area is 152 Å². The third-order valence-corrected chi connectivity index (χ3v) is 3.64. The highest BCUT2D eigenvalue weighted by molar-refractivity contribution is 6.41. The zero-order valence-corrected chi connectivity index (χ0v) is 14.4. The van der Waals surface area contributed by atoms with Crippen molar-refractivity contribution in [3.05, 3.63) is 57.8 Å². The first-order chi connectivity index (χ1) is 11.9. The van der Waals surface area contributed by atoms with E-state index in [1.807, 2.05) is 0 Å². The van der Waals surface area contributed by atoms with E-state index in [9.17, 15) is 14.4 Å². The number of esters is 2. The van der Waals surface area contributed by atoms with Gasteiger partial charge in [-0.2, -0.15) is 0 Å². The molecule has 0 aliphatic carbocycles. The molecule has 0 aliphatic heterocycles. The number of nitrogens with one attached hydrogen (secondary N) is 1. The second-order valence-electron chi connectivity index (χ2n) is 4.69. The molecule has 0 atom stereocenters. The van der Waals surface area contributed by atoms with Crippen molar-refractivity contribution in [2.24, 2.45) is 0 Å². The predicted molar refractivity (Wildman–Crippen MR) is 91.0 cm³/mol. The summed E-state index contributed by atoms with van der Waals surface area (Å²) in [6.45, 7) is -0.502. The molecule has 0 bridgehead atoms. The van der Waals surface area contributed by atoms with Crippen molar-refractivity contribution in [2.75, 3.05) is 19.0 Å². The molecule has 0 saturated heterocycles. The van der Waals surface area contributed by atoms with E-state index in [-0.39, 0.29) is 15.7 Å². The fourth-order valence-electron chi connectivity index (χ4n) is 1.75. The second kappa shape index (κ2) is 8.46. The highest BCUT2D eigenvalue weighted by Gasteiger charge is 2.13. The summed E-state index contributed by atoms with van der Waals surface area (Å²) in [6, 6.07) is 7.33. The maximum absolute atomic E-state index is 11.8. The van der Waals surface area contributed by atoms with Gasteiger partial charge in [-0.1, -0.05) is 23.2 Å². The smallest absolute Gasteiger partial charge is 0.340 e. The highest BCUT2D eigenvalue weighted by Crippen LogP contribution is 2.20. The Morgan fingerprint density at radius 3 is 2.36 bits per heavy atom. The Morgan fingerprint density at radius 2 is 1.76 bits per heavy atom. The van der Waals surface area contributed by atoms with E-state index in [1.165, 1.54) is 43.6 Å². The van der Waals surface area contributed by atoms with Crippen LogP contribution in [-0.4, -0.2) is 36.5 Å². The number of aromatic nitrogens is 1. The topological polar surface area (TPSA) is 94.6 Å². The Balaban J connectivity index is 1.88. The van der Waals surface area contributed by atoms with Crippen LogP contribution in [0, 0.1) is 0 Å². The molecule has 2 rings (SSSR count). The molecule has 25 heavy (non-hydrogen) atoms. The van der Waals surface area contributed by atoms with Crippen LogP contribution in [0.15, 0.2) is 36.5 Å². The van der Waals surface area contributed by atoms with Gasteiger partial charge in [0.2, 0.25) is 0 Å². The van der Waals surface area contributed by atoms with E-state index in [4.69, 9.17) is 27.9 Å². The lowest BCUT2D eigenvalue weighted by Crippen LogP contribution is -2.21. The number of amides is 1. The van der Waals surface area contributed by atoms with Crippen molar-refractivity contribution in [1.82, 2.24) is 4.98 Å². The largest absolute Gasteiger partial charge is 0.465 e. The van der Waals surface area contributed by atoms with E-state index in [1.54, 1.807) is 0 Å². The van der Waals surface area contributed by atoms with E-state index in [0.29, 0.717) is 11.3 Å². The molecule has 9 heteroatoms. The standard InChI is InChI=1S/C16H12Cl2N2O5/c1-24-15(22)9-2-4-11(5-3-9)20-13(21)8-25-16(23)10-6-12(17)14(18)19-7-10/h2-7H,8H2,1H3,(H,20,21). The van der Waals surface area contributed by atoms with Crippen LogP contribution in [0.5, 0.6) is 0 Å². The summed E-state index contributed by atoms with van der Waals surface area (Å²) >= 11 is 11.4. The van der Waals surface area contributed by atoms with Gasteiger partial charge < -0.3 is 14.8 Å². The zero-order valence-electron chi connectivity index (χ0n) is 12.9. The van der Waals surface area contributed by atoms with Gasteiger partial charge in [-0.25, -0.2) is 14.6 Å². The molecule has 7 nitrogen and oxygen atoms in total. The molecule has 0 radical (unpaired) electrons. The van der Waals surface area contributed by atoms with Gasteiger partial charge in [-0.15, -0.1) is 0 Å². The SMILES string of the molecule is COC(=O)c1ccc(NC(=O)COC(=O)c2cnc(Cl)c(Cl)c2)cc1. The van der Waals surface area contributed by atoms with Gasteiger partial charge in [0.15, 0.2) is 6.61 Å². The summed E-state index contributed by atoms with van der Waals surface area (Å²) in [4.78, 5) is 38.7. The molecular formula is C16H12Cl2N2O5. The van der Waals surface area contributed by atoms with Crippen LogP contribution in [0.4, 0.5) is 5.69 Å². The lowest BCUT2D eigenvalue weighted by molar-refractivity contribution is -0.119. The minimum atomic E-state index is -0.762. The van der Waals surface area contributed by atoms with Crippen molar-refractivity contribution in [3.8, 4) is 0 Å². The van der Waals surface area contributed by atoms with Gasteiger partial charge in [0.05, 0.1) is 23.3 Å². The Morgan fingerprint density at radius 1 is 1.08 bits per heavy atom. The molecule has 2 aromatic rings. The normalized spacial score (nSPS) is 10.0. The van der Waals surface area contributed by atoms with Crippen LogP contribution in [0.1, 0.15) is 20.7 Å². The minimum Gasteiger partial charge on any atom is -0.465 e. The lowest BCUT2D eigenvalue weighted by atomic mass is 10.2. The average molecular weight is 383 g/mol. The molecule has 1 amide bonds. The quantitative estimate of drug-likeness (QED) is 0.630. The molecule has 0 unspecified atom stereocenters. The van der Waals surface area contributed by atoms with Gasteiger partial charge in [-0.05, 0) is 30.3 Å². The average Bonchev–Trinajstić information content (AvgIpc) is 2.62. The zero-order chi connectivity index (χ0) is 18.4. The Kier molecular flexibility index (Phi) is 6.32. The van der Waals surface area contributed by atoms with Crippen LogP contribution >= 0.6 is 23.2 Å². The molecule has 1 N–H and O–H groups in total. The Bertz CT molecular complexity index is 809. The number of pyridine rings is 1. The summed E-state index contributed by atoms with van der Waals surface area (Å²) in [7, 11) is 1.27. The van der Waals surface area contributed by atoms with Crippen LogP contribution in [0.3, 0.4) is 0 Å². The number of hydrogen-bond acceptors (Lipinski definition) is 6. The van der Waals surface area contributed by atoms with Crippen molar-refractivity contribution in [2.45, 2.75) is 0 Å². The summed E-state index contributed by atoms with van der Waals surface area (Å²) in [5.41, 5.74) is 0.855. The van der Waals surface area contributed by atoms with Crippen LogP contribution in [0.2, 0.25) is 10.2 Å². The number of ether oxygens (including phenoxy) is 2. The number of carbonyl (C=O) groups excluding carboxylic acids is 3. The number of hydrogen-bond donors (Lipinski definition) is 1. The van der Waals surface area contributed by atoms with Crippen molar-refractivity contribution in [1.29, 1.82) is 0 Å². The first-order valence-corrected chi connectivity index (χ1v) is 7.62. The molecule has 1 aromatic carbocycles. The van der Waals surface area contributed by atoms with Crippen LogP contribution in [0.25, 0.3) is 0 Å². The van der Waals surface area contributed by atoms with Gasteiger partial charge >= 0.3 is 11.9 Å². The highest BCUT2D eigenvalue weighted by atomic mass is 35.5. The maximum Gasteiger partial charge on any atom is 0.340 e. The number of anilines is 1. The number of benzene rings is 1.